The summed E-state index contributed by atoms with van der Waals surface area (Å²) in [4.78, 5) is 16.7. The van der Waals surface area contributed by atoms with Crippen LogP contribution in [0.2, 0.25) is 0 Å². The lowest BCUT2D eigenvalue weighted by atomic mass is 9.96. The third kappa shape index (κ3) is 3.57. The van der Waals surface area contributed by atoms with Gasteiger partial charge in [0.2, 0.25) is 5.91 Å². The Balaban J connectivity index is 1.60. The predicted octanol–water partition coefficient (Wildman–Crippen LogP) is 0.855. The fourth-order valence-electron chi connectivity index (χ4n) is 2.62. The van der Waals surface area contributed by atoms with Gasteiger partial charge in [0.25, 0.3) is 0 Å². The number of aromatic amines is 1. The first-order valence-corrected chi connectivity index (χ1v) is 7.68. The zero-order chi connectivity index (χ0) is 16.3. The molecule has 2 heterocycles. The number of hydrogen-bond donors (Lipinski definition) is 3. The van der Waals surface area contributed by atoms with Gasteiger partial charge in [-0.1, -0.05) is 30.3 Å². The Morgan fingerprint density at radius 3 is 2.91 bits per heavy atom. The first-order chi connectivity index (χ1) is 11.1. The summed E-state index contributed by atoms with van der Waals surface area (Å²) in [5, 5.41) is 13.1. The molecule has 0 saturated carbocycles. The van der Waals surface area contributed by atoms with Gasteiger partial charge in [0, 0.05) is 12.1 Å². The Morgan fingerprint density at radius 2 is 2.17 bits per heavy atom. The van der Waals surface area contributed by atoms with Gasteiger partial charge in [-0.15, -0.1) is 0 Å². The summed E-state index contributed by atoms with van der Waals surface area (Å²) in [5.74, 6) is 1.13. The Morgan fingerprint density at radius 1 is 1.39 bits per heavy atom. The molecule has 0 bridgehead atoms. The molecular weight excluding hydrogens is 294 g/mol. The first-order valence-electron chi connectivity index (χ1n) is 7.68. The van der Waals surface area contributed by atoms with Crippen LogP contribution in [0.15, 0.2) is 30.3 Å². The van der Waals surface area contributed by atoms with Gasteiger partial charge < -0.3 is 15.4 Å². The molecular formula is C16H21N5O2. The maximum absolute atomic E-state index is 12.3. The van der Waals surface area contributed by atoms with Crippen molar-refractivity contribution in [3.05, 3.63) is 36.2 Å². The number of nitrogens with one attached hydrogen (secondary N) is 3. The van der Waals surface area contributed by atoms with Crippen LogP contribution >= 0.6 is 0 Å². The molecule has 1 atom stereocenters. The van der Waals surface area contributed by atoms with Gasteiger partial charge in [0.15, 0.2) is 5.82 Å². The molecule has 2 aromatic rings. The summed E-state index contributed by atoms with van der Waals surface area (Å²) < 4.78 is 5.65. The molecule has 1 saturated heterocycles. The van der Waals surface area contributed by atoms with E-state index in [-0.39, 0.29) is 11.9 Å². The minimum absolute atomic E-state index is 0.104. The van der Waals surface area contributed by atoms with E-state index in [0.717, 1.165) is 5.56 Å². The number of carbonyl (C=O) groups excluding carboxylic acids is 1. The highest BCUT2D eigenvalue weighted by Crippen LogP contribution is 2.18. The van der Waals surface area contributed by atoms with Crippen molar-refractivity contribution >= 4 is 5.91 Å². The van der Waals surface area contributed by atoms with Crippen LogP contribution in [0.4, 0.5) is 0 Å². The second-order valence-corrected chi connectivity index (χ2v) is 6.03. The van der Waals surface area contributed by atoms with Crippen LogP contribution in [0.1, 0.15) is 19.7 Å². The molecule has 1 aliphatic heterocycles. The fourth-order valence-corrected chi connectivity index (χ4v) is 2.62. The second-order valence-electron chi connectivity index (χ2n) is 6.03. The topological polar surface area (TPSA) is 91.9 Å². The molecule has 122 valence electrons. The third-order valence-electron chi connectivity index (χ3n) is 3.88. The Hall–Kier alpha value is -2.25. The number of H-pyrrole nitrogens is 1. The molecule has 1 amide bonds. The Bertz CT molecular complexity index is 668. The van der Waals surface area contributed by atoms with Crippen molar-refractivity contribution in [2.24, 2.45) is 0 Å². The molecule has 23 heavy (non-hydrogen) atoms. The zero-order valence-corrected chi connectivity index (χ0v) is 13.3. The highest BCUT2D eigenvalue weighted by Gasteiger charge is 2.38. The van der Waals surface area contributed by atoms with E-state index in [9.17, 15) is 4.79 Å². The minimum atomic E-state index is -0.529. The van der Waals surface area contributed by atoms with Crippen molar-refractivity contribution in [3.8, 4) is 11.4 Å². The molecule has 3 N–H and O–H groups in total. The molecule has 1 aromatic heterocycles. The van der Waals surface area contributed by atoms with E-state index in [1.165, 1.54) is 0 Å². The minimum Gasteiger partial charge on any atom is -0.372 e. The average molecular weight is 315 g/mol. The van der Waals surface area contributed by atoms with Crippen LogP contribution in [0.25, 0.3) is 11.4 Å². The number of benzene rings is 1. The monoisotopic (exact) mass is 315 g/mol. The number of nitrogens with zero attached hydrogens (tertiary/aromatic N) is 2. The summed E-state index contributed by atoms with van der Waals surface area (Å²) in [6, 6.07) is 9.31. The number of carbonyl (C=O) groups is 1. The molecule has 1 aliphatic rings. The number of ether oxygens (including phenoxy) is 1. The van der Waals surface area contributed by atoms with Gasteiger partial charge in [-0.25, -0.2) is 4.98 Å². The molecule has 7 heteroatoms. The van der Waals surface area contributed by atoms with E-state index < -0.39 is 5.60 Å². The van der Waals surface area contributed by atoms with Crippen molar-refractivity contribution in [2.45, 2.75) is 32.0 Å². The molecule has 0 radical (unpaired) electrons. The number of hydrogen-bond acceptors (Lipinski definition) is 5. The summed E-state index contributed by atoms with van der Waals surface area (Å²) in [6.07, 6.45) is 0. The number of amides is 1. The van der Waals surface area contributed by atoms with Crippen LogP contribution in [0.5, 0.6) is 0 Å². The largest absolute Gasteiger partial charge is 0.372 e. The SMILES string of the molecule is CC1(C)OCCNC1C(=O)NCc1nc(-c2ccccc2)n[nH]1. The van der Waals surface area contributed by atoms with Gasteiger partial charge in [0.05, 0.1) is 18.8 Å². The number of rotatable bonds is 4. The maximum atomic E-state index is 12.3. The smallest absolute Gasteiger partial charge is 0.240 e. The van der Waals surface area contributed by atoms with Crippen LogP contribution in [0, 0.1) is 0 Å². The lowest BCUT2D eigenvalue weighted by molar-refractivity contribution is -0.137. The molecule has 1 aromatic carbocycles. The van der Waals surface area contributed by atoms with Crippen LogP contribution in [-0.2, 0) is 16.1 Å². The van der Waals surface area contributed by atoms with Gasteiger partial charge in [-0.2, -0.15) is 5.10 Å². The lowest BCUT2D eigenvalue weighted by Gasteiger charge is -2.38. The van der Waals surface area contributed by atoms with E-state index >= 15 is 0 Å². The first kappa shape index (κ1) is 15.6. The van der Waals surface area contributed by atoms with Gasteiger partial charge >= 0.3 is 0 Å². The van der Waals surface area contributed by atoms with E-state index in [0.29, 0.717) is 31.3 Å². The maximum Gasteiger partial charge on any atom is 0.240 e. The summed E-state index contributed by atoms with van der Waals surface area (Å²) in [7, 11) is 0. The van der Waals surface area contributed by atoms with Crippen LogP contribution < -0.4 is 10.6 Å². The van der Waals surface area contributed by atoms with E-state index in [2.05, 4.69) is 25.8 Å². The highest BCUT2D eigenvalue weighted by atomic mass is 16.5. The fraction of sp³-hybridized carbons (Fsp3) is 0.438. The molecule has 1 fully saturated rings. The summed E-state index contributed by atoms with van der Waals surface area (Å²) in [6.45, 7) is 5.39. The van der Waals surface area contributed by atoms with Gasteiger partial charge in [-0.3, -0.25) is 9.89 Å². The third-order valence-corrected chi connectivity index (χ3v) is 3.88. The van der Waals surface area contributed by atoms with Gasteiger partial charge in [0.1, 0.15) is 11.9 Å². The second kappa shape index (κ2) is 6.47. The lowest BCUT2D eigenvalue weighted by Crippen LogP contribution is -2.61. The van der Waals surface area contributed by atoms with Crippen molar-refractivity contribution in [3.63, 3.8) is 0 Å². The quantitative estimate of drug-likeness (QED) is 0.778. The molecule has 7 nitrogen and oxygen atoms in total. The summed E-state index contributed by atoms with van der Waals surface area (Å²) >= 11 is 0. The number of aromatic nitrogens is 3. The van der Waals surface area contributed by atoms with Gasteiger partial charge in [-0.05, 0) is 13.8 Å². The van der Waals surface area contributed by atoms with E-state index in [1.807, 2.05) is 44.2 Å². The van der Waals surface area contributed by atoms with Crippen LogP contribution in [-0.4, -0.2) is 45.9 Å². The van der Waals surface area contributed by atoms with E-state index in [4.69, 9.17) is 4.74 Å². The van der Waals surface area contributed by atoms with E-state index in [1.54, 1.807) is 0 Å². The molecule has 1 unspecified atom stereocenters. The Kier molecular flexibility index (Phi) is 4.40. The number of morpholine rings is 1. The Labute approximate surface area is 134 Å². The van der Waals surface area contributed by atoms with Crippen molar-refractivity contribution in [2.75, 3.05) is 13.2 Å². The van der Waals surface area contributed by atoms with Crippen LogP contribution in [0.3, 0.4) is 0 Å². The summed E-state index contributed by atoms with van der Waals surface area (Å²) in [5.41, 5.74) is 0.406. The zero-order valence-electron chi connectivity index (χ0n) is 13.3. The van der Waals surface area contributed by atoms with Crippen molar-refractivity contribution in [1.82, 2.24) is 25.8 Å². The molecule has 3 rings (SSSR count). The molecule has 0 aliphatic carbocycles. The average Bonchev–Trinajstić information content (AvgIpc) is 3.02. The highest BCUT2D eigenvalue weighted by molar-refractivity contribution is 5.83. The normalized spacial score (nSPS) is 20.2. The van der Waals surface area contributed by atoms with Crippen molar-refractivity contribution < 1.29 is 9.53 Å². The van der Waals surface area contributed by atoms with Crippen molar-refractivity contribution in [1.29, 1.82) is 0 Å². The predicted molar refractivity (Wildman–Crippen MR) is 85.5 cm³/mol. The standard InChI is InChI=1S/C16H21N5O2/c1-16(2)13(17-8-9-23-16)15(22)18-10-12-19-14(21-20-12)11-6-4-3-5-7-11/h3-7,13,17H,8-10H2,1-2H3,(H,18,22)(H,19,20,21). The molecule has 0 spiro atoms.